The van der Waals surface area contributed by atoms with Gasteiger partial charge in [0.2, 0.25) is 0 Å². The summed E-state index contributed by atoms with van der Waals surface area (Å²) in [5.41, 5.74) is 2.29. The number of allylic oxidation sites excluding steroid dienone is 1. The maximum Gasteiger partial charge on any atom is 0.414 e. The van der Waals surface area contributed by atoms with Gasteiger partial charge in [-0.25, -0.2) is 4.79 Å². The Morgan fingerprint density at radius 3 is 2.90 bits per heavy atom. The monoisotopic (exact) mass is 273 g/mol. The molecule has 1 aromatic carbocycles. The predicted molar refractivity (Wildman–Crippen MR) is 75.6 cm³/mol. The van der Waals surface area contributed by atoms with E-state index < -0.39 is 0 Å². The van der Waals surface area contributed by atoms with Gasteiger partial charge < -0.3 is 9.47 Å². The third-order valence-corrected chi connectivity index (χ3v) is 3.86. The van der Waals surface area contributed by atoms with Gasteiger partial charge >= 0.3 is 6.09 Å². The van der Waals surface area contributed by atoms with Crippen molar-refractivity contribution in [2.24, 2.45) is 0 Å². The van der Waals surface area contributed by atoms with Crippen LogP contribution in [0, 0.1) is 0 Å². The summed E-state index contributed by atoms with van der Waals surface area (Å²) < 4.78 is 10.7. The van der Waals surface area contributed by atoms with Crippen LogP contribution in [-0.2, 0) is 11.2 Å². The lowest BCUT2D eigenvalue weighted by molar-refractivity contribution is 0.0418. The molecule has 1 unspecified atom stereocenters. The number of amides is 1. The highest BCUT2D eigenvalue weighted by atomic mass is 16.6. The SMILES string of the molecule is COc1ccc(CC2CC3=CCCCN3C(=O)O2)cc1. The molecule has 2 heterocycles. The number of benzene rings is 1. The first kappa shape index (κ1) is 13.0. The van der Waals surface area contributed by atoms with Crippen LogP contribution in [0.5, 0.6) is 5.75 Å². The molecule has 1 amide bonds. The van der Waals surface area contributed by atoms with Crippen molar-refractivity contribution in [1.82, 2.24) is 4.90 Å². The van der Waals surface area contributed by atoms with Gasteiger partial charge in [0.25, 0.3) is 0 Å². The maximum absolute atomic E-state index is 12.0. The van der Waals surface area contributed by atoms with Crippen LogP contribution < -0.4 is 4.74 Å². The van der Waals surface area contributed by atoms with Gasteiger partial charge in [-0.1, -0.05) is 18.2 Å². The Kier molecular flexibility index (Phi) is 3.63. The zero-order valence-corrected chi connectivity index (χ0v) is 11.7. The molecule has 0 saturated carbocycles. The normalized spacial score (nSPS) is 21.9. The van der Waals surface area contributed by atoms with Gasteiger partial charge in [-0.2, -0.15) is 0 Å². The van der Waals surface area contributed by atoms with Crippen LogP contribution in [0.2, 0.25) is 0 Å². The number of rotatable bonds is 3. The molecule has 20 heavy (non-hydrogen) atoms. The number of ether oxygens (including phenoxy) is 2. The van der Waals surface area contributed by atoms with Gasteiger partial charge in [0.15, 0.2) is 0 Å². The molecule has 0 radical (unpaired) electrons. The number of methoxy groups -OCH3 is 1. The lowest BCUT2D eigenvalue weighted by atomic mass is 10.00. The van der Waals surface area contributed by atoms with E-state index in [1.165, 1.54) is 0 Å². The largest absolute Gasteiger partial charge is 0.497 e. The lowest BCUT2D eigenvalue weighted by Gasteiger charge is -2.36. The summed E-state index contributed by atoms with van der Waals surface area (Å²) in [7, 11) is 1.65. The van der Waals surface area contributed by atoms with Gasteiger partial charge in [0.05, 0.1) is 7.11 Å². The summed E-state index contributed by atoms with van der Waals surface area (Å²) in [5, 5.41) is 0. The molecule has 1 atom stereocenters. The van der Waals surface area contributed by atoms with E-state index in [1.54, 1.807) is 12.0 Å². The van der Waals surface area contributed by atoms with Crippen LogP contribution >= 0.6 is 0 Å². The molecule has 0 aliphatic carbocycles. The number of fused-ring (bicyclic) bond motifs is 1. The lowest BCUT2D eigenvalue weighted by Crippen LogP contribution is -2.42. The van der Waals surface area contributed by atoms with Crippen LogP contribution in [0.3, 0.4) is 0 Å². The fourth-order valence-corrected chi connectivity index (χ4v) is 2.79. The predicted octanol–water partition coefficient (Wildman–Crippen LogP) is 3.13. The zero-order valence-electron chi connectivity index (χ0n) is 11.7. The van der Waals surface area contributed by atoms with Crippen LogP contribution in [-0.4, -0.2) is 30.8 Å². The quantitative estimate of drug-likeness (QED) is 0.849. The highest BCUT2D eigenvalue weighted by Gasteiger charge is 2.32. The van der Waals surface area contributed by atoms with Crippen LogP contribution in [0.15, 0.2) is 36.0 Å². The molecular weight excluding hydrogens is 254 g/mol. The van der Waals surface area contributed by atoms with E-state index in [4.69, 9.17) is 9.47 Å². The zero-order chi connectivity index (χ0) is 13.9. The molecule has 0 spiro atoms. The van der Waals surface area contributed by atoms with Gasteiger partial charge in [-0.3, -0.25) is 4.90 Å². The molecule has 1 fully saturated rings. The van der Waals surface area contributed by atoms with Crippen molar-refractivity contribution in [2.45, 2.75) is 31.8 Å². The van der Waals surface area contributed by atoms with Crippen molar-refractivity contribution in [3.63, 3.8) is 0 Å². The molecule has 0 bridgehead atoms. The summed E-state index contributed by atoms with van der Waals surface area (Å²) in [5.74, 6) is 0.843. The molecule has 106 valence electrons. The van der Waals surface area contributed by atoms with Crippen LogP contribution in [0.4, 0.5) is 4.79 Å². The average Bonchev–Trinajstić information content (AvgIpc) is 2.48. The molecule has 2 aliphatic heterocycles. The first-order valence-electron chi connectivity index (χ1n) is 7.06. The number of nitrogens with zero attached hydrogens (tertiary/aromatic N) is 1. The smallest absolute Gasteiger partial charge is 0.414 e. The molecule has 3 rings (SSSR count). The van der Waals surface area contributed by atoms with E-state index in [0.717, 1.165) is 49.2 Å². The van der Waals surface area contributed by atoms with Crippen molar-refractivity contribution >= 4 is 6.09 Å². The van der Waals surface area contributed by atoms with Crippen LogP contribution in [0.25, 0.3) is 0 Å². The minimum Gasteiger partial charge on any atom is -0.497 e. The van der Waals surface area contributed by atoms with E-state index in [1.807, 2.05) is 24.3 Å². The summed E-state index contributed by atoms with van der Waals surface area (Å²) in [6.45, 7) is 0.792. The highest BCUT2D eigenvalue weighted by molar-refractivity contribution is 5.71. The fourth-order valence-electron chi connectivity index (χ4n) is 2.79. The Labute approximate surface area is 119 Å². The Morgan fingerprint density at radius 1 is 1.35 bits per heavy atom. The van der Waals surface area contributed by atoms with Gasteiger partial charge in [-0.15, -0.1) is 0 Å². The average molecular weight is 273 g/mol. The van der Waals surface area contributed by atoms with Gasteiger partial charge in [0, 0.05) is 25.1 Å². The number of hydrogen-bond acceptors (Lipinski definition) is 3. The first-order chi connectivity index (χ1) is 9.76. The summed E-state index contributed by atoms with van der Waals surface area (Å²) >= 11 is 0. The minimum atomic E-state index is -0.194. The summed E-state index contributed by atoms with van der Waals surface area (Å²) in [4.78, 5) is 13.7. The Balaban J connectivity index is 1.68. The molecule has 0 N–H and O–H groups in total. The Bertz CT molecular complexity index is 521. The number of cyclic esters (lactones) is 1. The van der Waals surface area contributed by atoms with E-state index in [9.17, 15) is 4.79 Å². The second-order valence-electron chi connectivity index (χ2n) is 5.25. The minimum absolute atomic E-state index is 0.0588. The number of carbonyl (C=O) groups excluding carboxylic acids is 1. The van der Waals surface area contributed by atoms with E-state index >= 15 is 0 Å². The number of carbonyl (C=O) groups is 1. The summed E-state index contributed by atoms with van der Waals surface area (Å²) in [6, 6.07) is 7.92. The van der Waals surface area contributed by atoms with Crippen molar-refractivity contribution in [2.75, 3.05) is 13.7 Å². The molecule has 4 nitrogen and oxygen atoms in total. The number of hydrogen-bond donors (Lipinski definition) is 0. The van der Waals surface area contributed by atoms with Crippen molar-refractivity contribution in [1.29, 1.82) is 0 Å². The van der Waals surface area contributed by atoms with E-state index in [0.29, 0.717) is 0 Å². The molecule has 0 aromatic heterocycles. The summed E-state index contributed by atoms with van der Waals surface area (Å²) in [6.07, 6.45) is 5.58. The third-order valence-electron chi connectivity index (χ3n) is 3.86. The van der Waals surface area contributed by atoms with Gasteiger partial charge in [0.1, 0.15) is 11.9 Å². The molecule has 1 saturated heterocycles. The van der Waals surface area contributed by atoms with Crippen LogP contribution in [0.1, 0.15) is 24.8 Å². The topological polar surface area (TPSA) is 38.8 Å². The van der Waals surface area contributed by atoms with Crippen molar-refractivity contribution in [3.05, 3.63) is 41.6 Å². The van der Waals surface area contributed by atoms with E-state index in [2.05, 4.69) is 6.08 Å². The second-order valence-corrected chi connectivity index (χ2v) is 5.25. The van der Waals surface area contributed by atoms with Crippen molar-refractivity contribution < 1.29 is 14.3 Å². The first-order valence-corrected chi connectivity index (χ1v) is 7.06. The second kappa shape index (κ2) is 5.57. The highest BCUT2D eigenvalue weighted by Crippen LogP contribution is 2.28. The standard InChI is InChI=1S/C16H19NO3/c1-19-14-7-5-12(6-8-14)10-15-11-13-4-2-3-9-17(13)16(18)20-15/h4-8,15H,2-3,9-11H2,1H3. The molecular formula is C16H19NO3. The fraction of sp³-hybridized carbons (Fsp3) is 0.438. The molecule has 2 aliphatic rings. The van der Waals surface area contributed by atoms with Gasteiger partial charge in [-0.05, 0) is 30.5 Å². The van der Waals surface area contributed by atoms with E-state index in [-0.39, 0.29) is 12.2 Å². The third kappa shape index (κ3) is 2.64. The Morgan fingerprint density at radius 2 is 2.15 bits per heavy atom. The maximum atomic E-state index is 12.0. The molecule has 4 heteroatoms. The Hall–Kier alpha value is -1.97. The molecule has 1 aromatic rings. The van der Waals surface area contributed by atoms with Crippen molar-refractivity contribution in [3.8, 4) is 5.75 Å².